The second-order valence-corrected chi connectivity index (χ2v) is 8.85. The molecule has 1 atom stereocenters. The Morgan fingerprint density at radius 2 is 2.04 bits per heavy atom. The summed E-state index contributed by atoms with van der Waals surface area (Å²) in [5, 5.41) is 4.15. The number of benzene rings is 1. The molecule has 28 heavy (non-hydrogen) atoms. The first-order valence-electron chi connectivity index (χ1n) is 9.06. The van der Waals surface area contributed by atoms with Crippen LogP contribution in [0.25, 0.3) is 0 Å². The smallest absolute Gasteiger partial charge is 0.247 e. The van der Waals surface area contributed by atoms with E-state index in [-0.39, 0.29) is 10.7 Å². The zero-order chi connectivity index (χ0) is 19.9. The van der Waals surface area contributed by atoms with Gasteiger partial charge in [-0.05, 0) is 37.5 Å². The zero-order valence-corrected chi connectivity index (χ0v) is 16.5. The number of nitrogens with zero attached hydrogens (tertiary/aromatic N) is 4. The van der Waals surface area contributed by atoms with E-state index < -0.39 is 16.1 Å². The average molecular weight is 404 g/mol. The lowest BCUT2D eigenvalue weighted by molar-refractivity contribution is 0.322. The molecule has 2 aromatic heterocycles. The van der Waals surface area contributed by atoms with Crippen molar-refractivity contribution in [3.8, 4) is 0 Å². The molecule has 1 aliphatic rings. The molecule has 0 radical (unpaired) electrons. The topological polar surface area (TPSA) is 81.2 Å². The Morgan fingerprint density at radius 3 is 2.71 bits per heavy atom. The van der Waals surface area contributed by atoms with E-state index in [2.05, 4.69) is 10.1 Å². The maximum absolute atomic E-state index is 13.1. The van der Waals surface area contributed by atoms with Crippen molar-refractivity contribution in [2.24, 2.45) is 7.05 Å². The molecule has 1 aromatic carbocycles. The van der Waals surface area contributed by atoms with E-state index >= 15 is 0 Å². The van der Waals surface area contributed by atoms with Crippen LogP contribution in [0.15, 0.2) is 46.0 Å². The maximum Gasteiger partial charge on any atom is 0.247 e. The third-order valence-corrected chi connectivity index (χ3v) is 6.92. The van der Waals surface area contributed by atoms with Crippen LogP contribution in [0.1, 0.15) is 41.8 Å². The van der Waals surface area contributed by atoms with Crippen LogP contribution < -0.4 is 0 Å². The fourth-order valence-corrected chi connectivity index (χ4v) is 5.45. The SMILES string of the molecule is Cc1nn(C)cc1S(=O)(=O)N1CCC[C@H]1c1ncc(Cc2ccc(F)cc2)o1. The summed E-state index contributed by atoms with van der Waals surface area (Å²) in [6.45, 7) is 2.10. The van der Waals surface area contributed by atoms with Gasteiger partial charge in [-0.25, -0.2) is 17.8 Å². The highest BCUT2D eigenvalue weighted by Crippen LogP contribution is 2.37. The molecule has 1 aliphatic heterocycles. The summed E-state index contributed by atoms with van der Waals surface area (Å²) in [5.74, 6) is 0.711. The van der Waals surface area contributed by atoms with Gasteiger partial charge in [-0.1, -0.05) is 12.1 Å². The molecule has 0 spiro atoms. The van der Waals surface area contributed by atoms with Crippen molar-refractivity contribution >= 4 is 10.0 Å². The first kappa shape index (κ1) is 18.8. The van der Waals surface area contributed by atoms with E-state index in [9.17, 15) is 12.8 Å². The third kappa shape index (κ3) is 3.47. The molecule has 3 aromatic rings. The highest BCUT2D eigenvalue weighted by atomic mass is 32.2. The van der Waals surface area contributed by atoms with Gasteiger partial charge in [0.1, 0.15) is 22.5 Å². The maximum atomic E-state index is 13.1. The van der Waals surface area contributed by atoms with Crippen molar-refractivity contribution in [3.05, 3.63) is 65.4 Å². The fraction of sp³-hybridized carbons (Fsp3) is 0.368. The van der Waals surface area contributed by atoms with Crippen LogP contribution in [0.3, 0.4) is 0 Å². The summed E-state index contributed by atoms with van der Waals surface area (Å²) < 4.78 is 48.2. The number of hydrogen-bond donors (Lipinski definition) is 0. The molecule has 0 aliphatic carbocycles. The van der Waals surface area contributed by atoms with Crippen LogP contribution in [-0.4, -0.2) is 34.0 Å². The highest BCUT2D eigenvalue weighted by molar-refractivity contribution is 7.89. The van der Waals surface area contributed by atoms with Gasteiger partial charge in [0.25, 0.3) is 0 Å². The van der Waals surface area contributed by atoms with E-state index in [4.69, 9.17) is 4.42 Å². The minimum Gasteiger partial charge on any atom is -0.444 e. The second-order valence-electron chi connectivity index (χ2n) is 6.99. The van der Waals surface area contributed by atoms with Crippen molar-refractivity contribution in [3.63, 3.8) is 0 Å². The molecule has 0 unspecified atom stereocenters. The monoisotopic (exact) mass is 404 g/mol. The Hall–Kier alpha value is -2.52. The van der Waals surface area contributed by atoms with Gasteiger partial charge in [-0.3, -0.25) is 4.68 Å². The van der Waals surface area contributed by atoms with Gasteiger partial charge in [0.05, 0.1) is 11.9 Å². The minimum atomic E-state index is -3.69. The molecule has 1 fully saturated rings. The highest BCUT2D eigenvalue weighted by Gasteiger charge is 2.40. The first-order chi connectivity index (χ1) is 13.3. The van der Waals surface area contributed by atoms with E-state index in [0.29, 0.717) is 36.7 Å². The largest absolute Gasteiger partial charge is 0.444 e. The Bertz CT molecular complexity index is 1090. The van der Waals surface area contributed by atoms with Crippen LogP contribution in [0.4, 0.5) is 4.39 Å². The Balaban J connectivity index is 1.58. The van der Waals surface area contributed by atoms with Crippen molar-refractivity contribution in [2.75, 3.05) is 6.54 Å². The zero-order valence-electron chi connectivity index (χ0n) is 15.7. The van der Waals surface area contributed by atoms with Crippen molar-refractivity contribution < 1.29 is 17.2 Å². The molecule has 3 heterocycles. The predicted octanol–water partition coefficient (Wildman–Crippen LogP) is 2.97. The number of aromatic nitrogens is 3. The van der Waals surface area contributed by atoms with Crippen molar-refractivity contribution in [1.82, 2.24) is 19.1 Å². The number of sulfonamides is 1. The lowest BCUT2D eigenvalue weighted by atomic mass is 10.1. The lowest BCUT2D eigenvalue weighted by Gasteiger charge is -2.21. The Morgan fingerprint density at radius 1 is 1.29 bits per heavy atom. The van der Waals surface area contributed by atoms with E-state index in [1.54, 1.807) is 32.3 Å². The minimum absolute atomic E-state index is 0.208. The fourth-order valence-electron chi connectivity index (χ4n) is 3.59. The van der Waals surface area contributed by atoms with E-state index in [0.717, 1.165) is 12.0 Å². The molecular formula is C19H21FN4O3S. The third-order valence-electron chi connectivity index (χ3n) is 4.91. The number of oxazole rings is 1. The molecule has 4 rings (SSSR count). The predicted molar refractivity (Wildman–Crippen MR) is 99.5 cm³/mol. The summed E-state index contributed by atoms with van der Waals surface area (Å²) in [4.78, 5) is 4.54. The van der Waals surface area contributed by atoms with Crippen molar-refractivity contribution in [2.45, 2.75) is 37.1 Å². The first-order valence-corrected chi connectivity index (χ1v) is 10.5. The van der Waals surface area contributed by atoms with Crippen LogP contribution >= 0.6 is 0 Å². The summed E-state index contributed by atoms with van der Waals surface area (Å²) in [6, 6.07) is 5.73. The molecule has 0 amide bonds. The molecule has 0 bridgehead atoms. The van der Waals surface area contributed by atoms with Crippen LogP contribution in [0.5, 0.6) is 0 Å². The van der Waals surface area contributed by atoms with Gasteiger partial charge < -0.3 is 4.42 Å². The number of rotatable bonds is 5. The Kier molecular flexibility index (Phi) is 4.80. The number of hydrogen-bond acceptors (Lipinski definition) is 5. The van der Waals surface area contributed by atoms with Gasteiger partial charge in [0.2, 0.25) is 15.9 Å². The summed E-state index contributed by atoms with van der Waals surface area (Å²) in [7, 11) is -1.99. The van der Waals surface area contributed by atoms with Crippen LogP contribution in [0, 0.1) is 12.7 Å². The molecule has 148 valence electrons. The standard InChI is InChI=1S/C19H21FN4O3S/c1-13-18(12-23(2)22-13)28(25,26)24-9-3-4-17(24)19-21-11-16(27-19)10-14-5-7-15(20)8-6-14/h5-8,11-12,17H,3-4,9-10H2,1-2H3/t17-/m0/s1. The molecule has 0 N–H and O–H groups in total. The summed E-state index contributed by atoms with van der Waals surface area (Å²) >= 11 is 0. The molecule has 7 nitrogen and oxygen atoms in total. The normalized spacial score (nSPS) is 18.0. The summed E-state index contributed by atoms with van der Waals surface area (Å²) in [6.07, 6.45) is 4.98. The van der Waals surface area contributed by atoms with Gasteiger partial charge in [-0.15, -0.1) is 0 Å². The second kappa shape index (κ2) is 7.14. The van der Waals surface area contributed by atoms with Crippen LogP contribution in [-0.2, 0) is 23.5 Å². The van der Waals surface area contributed by atoms with Crippen molar-refractivity contribution in [1.29, 1.82) is 0 Å². The lowest BCUT2D eigenvalue weighted by Crippen LogP contribution is -2.31. The quantitative estimate of drug-likeness (QED) is 0.653. The molecule has 0 saturated carbocycles. The van der Waals surface area contributed by atoms with E-state index in [1.807, 2.05) is 0 Å². The molecule has 1 saturated heterocycles. The average Bonchev–Trinajstić information content (AvgIpc) is 3.36. The number of aryl methyl sites for hydroxylation is 2. The Labute approximate surface area is 162 Å². The van der Waals surface area contributed by atoms with E-state index in [1.165, 1.54) is 27.3 Å². The summed E-state index contributed by atoms with van der Waals surface area (Å²) in [5.41, 5.74) is 1.36. The van der Waals surface area contributed by atoms with Gasteiger partial charge >= 0.3 is 0 Å². The van der Waals surface area contributed by atoms with Gasteiger partial charge in [-0.2, -0.15) is 9.40 Å². The van der Waals surface area contributed by atoms with Crippen LogP contribution in [0.2, 0.25) is 0 Å². The molecule has 9 heteroatoms. The number of halogens is 1. The van der Waals surface area contributed by atoms with Gasteiger partial charge in [0, 0.05) is 26.2 Å². The van der Waals surface area contributed by atoms with Gasteiger partial charge in [0.15, 0.2) is 0 Å². The molecular weight excluding hydrogens is 383 g/mol.